The maximum atomic E-state index is 13.5. The molecule has 0 bridgehead atoms. The molecule has 2 rings (SSSR count). The Hall–Kier alpha value is -0.960. The predicted molar refractivity (Wildman–Crippen MR) is 82.2 cm³/mol. The van der Waals surface area contributed by atoms with Crippen LogP contribution in [0.4, 0.5) is 15.8 Å². The minimum atomic E-state index is -0.527. The third-order valence-electron chi connectivity index (χ3n) is 3.66. The average molecular weight is 394 g/mol. The van der Waals surface area contributed by atoms with Crippen LogP contribution in [0.5, 0.6) is 0 Å². The van der Waals surface area contributed by atoms with Crippen molar-refractivity contribution in [3.8, 4) is 0 Å². The molecule has 20 heavy (non-hydrogen) atoms. The van der Waals surface area contributed by atoms with Gasteiger partial charge in [-0.25, -0.2) is 4.39 Å². The summed E-state index contributed by atoms with van der Waals surface area (Å²) in [7, 11) is 0. The number of anilines is 1. The van der Waals surface area contributed by atoms with Gasteiger partial charge in [0.2, 0.25) is 0 Å². The van der Waals surface area contributed by atoms with Gasteiger partial charge in [-0.15, -0.1) is 0 Å². The zero-order chi connectivity index (χ0) is 14.7. The van der Waals surface area contributed by atoms with E-state index < -0.39 is 10.7 Å². The highest BCUT2D eigenvalue weighted by molar-refractivity contribution is 14.1. The summed E-state index contributed by atoms with van der Waals surface area (Å²) in [5.41, 5.74) is 0.0341. The molecule has 0 spiro atoms. The summed E-state index contributed by atoms with van der Waals surface area (Å²) in [6, 6.07) is 2.37. The van der Waals surface area contributed by atoms with Crippen molar-refractivity contribution in [1.82, 2.24) is 0 Å². The fraction of sp³-hybridized carbons (Fsp3) is 0.538. The molecule has 0 radical (unpaired) electrons. The summed E-state index contributed by atoms with van der Waals surface area (Å²) >= 11 is 1.73. The zero-order valence-corrected chi connectivity index (χ0v) is 13.0. The fourth-order valence-electron chi connectivity index (χ4n) is 2.50. The Morgan fingerprint density at radius 1 is 1.45 bits per heavy atom. The minimum Gasteiger partial charge on any atom is -0.393 e. The topological polar surface area (TPSA) is 75.4 Å². The Morgan fingerprint density at radius 3 is 2.80 bits per heavy atom. The van der Waals surface area contributed by atoms with E-state index in [0.717, 1.165) is 31.7 Å². The quantitative estimate of drug-likeness (QED) is 0.467. The van der Waals surface area contributed by atoms with Crippen LogP contribution in [0.15, 0.2) is 12.1 Å². The first-order chi connectivity index (χ1) is 9.49. The predicted octanol–water partition coefficient (Wildman–Crippen LogP) is 3.30. The number of nitro groups is 1. The Morgan fingerprint density at radius 2 is 2.15 bits per heavy atom. The lowest BCUT2D eigenvalue weighted by Crippen LogP contribution is -2.30. The third-order valence-corrected chi connectivity index (χ3v) is 4.49. The molecule has 2 atom stereocenters. The van der Waals surface area contributed by atoms with E-state index in [0.29, 0.717) is 6.54 Å². The van der Waals surface area contributed by atoms with Crippen LogP contribution in [0.25, 0.3) is 0 Å². The molecule has 2 N–H and O–H groups in total. The molecule has 1 saturated carbocycles. The first kappa shape index (κ1) is 15.4. The molecular weight excluding hydrogens is 378 g/mol. The maximum Gasteiger partial charge on any atom is 0.293 e. The number of hydrogen-bond acceptors (Lipinski definition) is 4. The van der Waals surface area contributed by atoms with Crippen molar-refractivity contribution in [2.45, 2.75) is 31.8 Å². The lowest BCUT2D eigenvalue weighted by atomic mass is 9.86. The van der Waals surface area contributed by atoms with E-state index >= 15 is 0 Å². The summed E-state index contributed by atoms with van der Waals surface area (Å²) in [6.07, 6.45) is 3.32. The van der Waals surface area contributed by atoms with E-state index in [1.165, 1.54) is 6.07 Å². The van der Waals surface area contributed by atoms with Crippen molar-refractivity contribution in [1.29, 1.82) is 0 Å². The highest BCUT2D eigenvalue weighted by Crippen LogP contribution is 2.30. The molecule has 0 aliphatic heterocycles. The van der Waals surface area contributed by atoms with Crippen molar-refractivity contribution >= 4 is 34.0 Å². The van der Waals surface area contributed by atoms with Gasteiger partial charge in [-0.1, -0.05) is 12.8 Å². The van der Waals surface area contributed by atoms with Crippen LogP contribution in [0.2, 0.25) is 0 Å². The zero-order valence-electron chi connectivity index (χ0n) is 10.8. The van der Waals surface area contributed by atoms with Gasteiger partial charge in [0.15, 0.2) is 0 Å². The van der Waals surface area contributed by atoms with E-state index in [1.807, 2.05) is 0 Å². The fourth-order valence-corrected chi connectivity index (χ4v) is 2.95. The number of rotatable bonds is 4. The number of aliphatic hydroxyl groups is 1. The molecule has 5 nitrogen and oxygen atoms in total. The molecule has 0 amide bonds. The Kier molecular flexibility index (Phi) is 5.14. The summed E-state index contributed by atoms with van der Waals surface area (Å²) in [5, 5.41) is 23.8. The van der Waals surface area contributed by atoms with Gasteiger partial charge in [0.25, 0.3) is 5.69 Å². The molecule has 0 saturated heterocycles. The SMILES string of the molecule is O=[N+]([O-])c1cc(I)c(F)cc1NCC1CCCCC1O. The number of halogens is 2. The molecular formula is C13H16FIN2O3. The van der Waals surface area contributed by atoms with Gasteiger partial charge in [-0.2, -0.15) is 0 Å². The summed E-state index contributed by atoms with van der Waals surface area (Å²) in [4.78, 5) is 10.5. The summed E-state index contributed by atoms with van der Waals surface area (Å²) in [6.45, 7) is 0.419. The van der Waals surface area contributed by atoms with E-state index in [4.69, 9.17) is 0 Å². The minimum absolute atomic E-state index is 0.0608. The van der Waals surface area contributed by atoms with E-state index in [-0.39, 0.29) is 27.0 Å². The lowest BCUT2D eigenvalue weighted by Gasteiger charge is -2.27. The third kappa shape index (κ3) is 3.57. The number of nitrogens with one attached hydrogen (secondary N) is 1. The number of aliphatic hydroxyl groups excluding tert-OH is 1. The van der Waals surface area contributed by atoms with Gasteiger partial charge in [-0.3, -0.25) is 10.1 Å². The summed E-state index contributed by atoms with van der Waals surface area (Å²) in [5.74, 6) is -0.423. The van der Waals surface area contributed by atoms with Crippen LogP contribution in [0.3, 0.4) is 0 Å². The van der Waals surface area contributed by atoms with Gasteiger partial charge in [0.05, 0.1) is 14.6 Å². The van der Waals surface area contributed by atoms with E-state index in [9.17, 15) is 19.6 Å². The van der Waals surface area contributed by atoms with E-state index in [2.05, 4.69) is 5.32 Å². The molecule has 1 fully saturated rings. The van der Waals surface area contributed by atoms with Crippen LogP contribution in [-0.2, 0) is 0 Å². The monoisotopic (exact) mass is 394 g/mol. The number of hydrogen-bond donors (Lipinski definition) is 2. The Labute approximate surface area is 129 Å². The smallest absolute Gasteiger partial charge is 0.293 e. The van der Waals surface area contributed by atoms with E-state index in [1.54, 1.807) is 22.6 Å². The number of nitrogens with zero attached hydrogens (tertiary/aromatic N) is 1. The first-order valence-corrected chi connectivity index (χ1v) is 7.62. The molecule has 110 valence electrons. The maximum absolute atomic E-state index is 13.5. The van der Waals surface area contributed by atoms with Crippen LogP contribution in [-0.4, -0.2) is 22.7 Å². The van der Waals surface area contributed by atoms with Gasteiger partial charge in [0, 0.05) is 24.6 Å². The second-order valence-corrected chi connectivity index (χ2v) is 6.20. The Balaban J connectivity index is 2.12. The Bertz CT molecular complexity index is 513. The van der Waals surface area contributed by atoms with Gasteiger partial charge in [-0.05, 0) is 35.4 Å². The second kappa shape index (κ2) is 6.66. The van der Waals surface area contributed by atoms with Crippen LogP contribution in [0.1, 0.15) is 25.7 Å². The molecule has 1 aliphatic rings. The van der Waals surface area contributed by atoms with Crippen LogP contribution in [0, 0.1) is 25.4 Å². The van der Waals surface area contributed by atoms with Crippen molar-refractivity contribution in [3.05, 3.63) is 31.6 Å². The number of nitro benzene ring substituents is 1. The highest BCUT2D eigenvalue weighted by atomic mass is 127. The van der Waals surface area contributed by atoms with Gasteiger partial charge < -0.3 is 10.4 Å². The molecule has 1 aromatic carbocycles. The average Bonchev–Trinajstić information content (AvgIpc) is 2.41. The standard InChI is InChI=1S/C13H16FIN2O3/c14-9-5-11(12(17(19)20)6-10(9)15)16-7-8-3-1-2-4-13(8)18/h5-6,8,13,16,18H,1-4,7H2. The van der Waals surface area contributed by atoms with Gasteiger partial charge in [0.1, 0.15) is 11.5 Å². The van der Waals surface area contributed by atoms with Crippen LogP contribution < -0.4 is 5.32 Å². The lowest BCUT2D eigenvalue weighted by molar-refractivity contribution is -0.384. The molecule has 1 aromatic rings. The second-order valence-electron chi connectivity index (χ2n) is 5.03. The normalized spacial score (nSPS) is 22.6. The molecule has 0 aromatic heterocycles. The van der Waals surface area contributed by atoms with Crippen molar-refractivity contribution in [3.63, 3.8) is 0 Å². The van der Waals surface area contributed by atoms with Crippen molar-refractivity contribution in [2.75, 3.05) is 11.9 Å². The number of benzene rings is 1. The largest absolute Gasteiger partial charge is 0.393 e. The highest BCUT2D eigenvalue weighted by Gasteiger charge is 2.24. The molecule has 0 heterocycles. The molecule has 2 unspecified atom stereocenters. The molecule has 1 aliphatic carbocycles. The van der Waals surface area contributed by atoms with Crippen LogP contribution >= 0.6 is 22.6 Å². The summed E-state index contributed by atoms with van der Waals surface area (Å²) < 4.78 is 13.8. The molecule has 7 heteroatoms. The first-order valence-electron chi connectivity index (χ1n) is 6.54. The van der Waals surface area contributed by atoms with Crippen molar-refractivity contribution in [2.24, 2.45) is 5.92 Å². The van der Waals surface area contributed by atoms with Crippen molar-refractivity contribution < 1.29 is 14.4 Å². The van der Waals surface area contributed by atoms with Gasteiger partial charge >= 0.3 is 0 Å².